The summed E-state index contributed by atoms with van der Waals surface area (Å²) in [4.78, 5) is 52.8. The van der Waals surface area contributed by atoms with Crippen molar-refractivity contribution in [1.82, 2.24) is 20.9 Å². The average Bonchev–Trinajstić information content (AvgIpc) is 3.36. The topological polar surface area (TPSA) is 120 Å². The second kappa shape index (κ2) is 13.0. The summed E-state index contributed by atoms with van der Waals surface area (Å²) in [6.45, 7) is 3.37. The number of hydrogen-bond acceptors (Lipinski definition) is 7. The van der Waals surface area contributed by atoms with Crippen LogP contribution in [0.5, 0.6) is 0 Å². The smallest absolute Gasteiger partial charge is 0.349 e. The van der Waals surface area contributed by atoms with Gasteiger partial charge in [0, 0.05) is 43.7 Å². The zero-order valence-electron chi connectivity index (χ0n) is 24.8. The lowest BCUT2D eigenvalue weighted by molar-refractivity contribution is -0.147. The first-order valence-electron chi connectivity index (χ1n) is 15.4. The van der Waals surface area contributed by atoms with Gasteiger partial charge >= 0.3 is 5.92 Å². The molecule has 2 aromatic rings. The van der Waals surface area contributed by atoms with Crippen LogP contribution in [0.2, 0.25) is 5.02 Å². The third-order valence-corrected chi connectivity index (χ3v) is 9.39. The van der Waals surface area contributed by atoms with Gasteiger partial charge in [0.15, 0.2) is 0 Å². The van der Waals surface area contributed by atoms with Gasteiger partial charge < -0.3 is 25.2 Å². The quantitative estimate of drug-likeness (QED) is 0.378. The molecule has 0 radical (unpaired) electrons. The van der Waals surface area contributed by atoms with Gasteiger partial charge in [0.1, 0.15) is 6.04 Å². The number of alkyl halides is 2. The molecule has 240 valence electrons. The molecule has 4 heterocycles. The molecule has 3 N–H and O–H groups in total. The van der Waals surface area contributed by atoms with Crippen molar-refractivity contribution in [3.8, 4) is 0 Å². The molecule has 0 aliphatic carbocycles. The monoisotopic (exact) mass is 643 g/mol. The van der Waals surface area contributed by atoms with E-state index in [1.807, 2.05) is 6.07 Å². The Morgan fingerprint density at radius 1 is 1.00 bits per heavy atom. The summed E-state index contributed by atoms with van der Waals surface area (Å²) in [5.74, 6) is -6.84. The molecule has 6 rings (SSSR count). The van der Waals surface area contributed by atoms with E-state index in [-0.39, 0.29) is 37.6 Å². The van der Waals surface area contributed by atoms with Crippen LogP contribution < -0.4 is 20.9 Å². The van der Waals surface area contributed by atoms with Crippen molar-refractivity contribution in [3.63, 3.8) is 0 Å². The number of nitrogens with one attached hydrogen (secondary N) is 3. The summed E-state index contributed by atoms with van der Waals surface area (Å²) in [5, 5.41) is 8.35. The van der Waals surface area contributed by atoms with Crippen LogP contribution in [0, 0.1) is 0 Å². The van der Waals surface area contributed by atoms with Crippen LogP contribution in [0.15, 0.2) is 36.4 Å². The number of ether oxygens (including phenoxy) is 1. The second-order valence-electron chi connectivity index (χ2n) is 12.1. The third-order valence-electron chi connectivity index (χ3n) is 9.09. The molecule has 45 heavy (non-hydrogen) atoms. The minimum Gasteiger partial charge on any atom is -0.375 e. The number of piperidine rings is 3. The molecule has 4 aliphatic heterocycles. The van der Waals surface area contributed by atoms with Crippen molar-refractivity contribution in [2.45, 2.75) is 75.8 Å². The highest BCUT2D eigenvalue weighted by atomic mass is 35.5. The maximum Gasteiger partial charge on any atom is 0.349 e. The second-order valence-corrected chi connectivity index (χ2v) is 12.5. The molecule has 4 amide bonds. The Kier molecular flexibility index (Phi) is 9.07. The van der Waals surface area contributed by atoms with Gasteiger partial charge in [-0.3, -0.25) is 24.5 Å². The van der Waals surface area contributed by atoms with Crippen LogP contribution in [0.25, 0.3) is 0 Å². The number of carbonyl (C=O) groups excluding carboxylic acids is 4. The third kappa shape index (κ3) is 6.68. The van der Waals surface area contributed by atoms with Gasteiger partial charge in [-0.2, -0.15) is 8.78 Å². The first-order chi connectivity index (χ1) is 21.6. The van der Waals surface area contributed by atoms with Gasteiger partial charge in [-0.25, -0.2) is 0 Å². The van der Waals surface area contributed by atoms with Gasteiger partial charge in [0.25, 0.3) is 11.8 Å². The van der Waals surface area contributed by atoms with Gasteiger partial charge in [0.2, 0.25) is 11.8 Å². The van der Waals surface area contributed by atoms with Crippen LogP contribution in [0.1, 0.15) is 65.6 Å². The summed E-state index contributed by atoms with van der Waals surface area (Å²) in [7, 11) is 0. The zero-order chi connectivity index (χ0) is 31.7. The average molecular weight is 644 g/mol. The van der Waals surface area contributed by atoms with Crippen LogP contribution in [-0.2, 0) is 38.1 Å². The Morgan fingerprint density at radius 3 is 2.44 bits per heavy atom. The van der Waals surface area contributed by atoms with Crippen LogP contribution in [0.3, 0.4) is 0 Å². The first-order valence-corrected chi connectivity index (χ1v) is 15.8. The van der Waals surface area contributed by atoms with Crippen LogP contribution in [-0.4, -0.2) is 73.0 Å². The number of amides is 4. The fourth-order valence-electron chi connectivity index (χ4n) is 6.55. The largest absolute Gasteiger partial charge is 0.375 e. The number of imide groups is 1. The standard InChI is InChI=1S/C32H36ClF2N5O5/c33-25-15-19(1-4-26(25)39-13-9-23(10-14-39)45-22-7-11-36-12-8-22)17-37-31(44)32(34,35)21-2-3-24-20(16-21)18-40(30(24)43)27-5-6-28(41)38-29(27)42/h1-4,15-16,22-23,27,36H,5-14,17-18H2,(H,37,44)(H,38,41,42). The fourth-order valence-corrected chi connectivity index (χ4v) is 6.87. The summed E-state index contributed by atoms with van der Waals surface area (Å²) in [6, 6.07) is 7.86. The highest BCUT2D eigenvalue weighted by molar-refractivity contribution is 6.33. The zero-order valence-corrected chi connectivity index (χ0v) is 25.5. The van der Waals surface area contributed by atoms with E-state index in [0.29, 0.717) is 22.3 Å². The lowest BCUT2D eigenvalue weighted by Crippen LogP contribution is -2.52. The first kappa shape index (κ1) is 31.4. The Morgan fingerprint density at radius 2 is 1.73 bits per heavy atom. The fraction of sp³-hybridized carbons (Fsp3) is 0.500. The van der Waals surface area contributed by atoms with E-state index in [2.05, 4.69) is 20.9 Å². The number of carbonyl (C=O) groups is 4. The predicted octanol–water partition coefficient (Wildman–Crippen LogP) is 3.25. The number of nitrogens with zero attached hydrogens (tertiary/aromatic N) is 2. The van der Waals surface area contributed by atoms with Gasteiger partial charge in [-0.05, 0) is 80.6 Å². The molecule has 2 aromatic carbocycles. The molecule has 10 nitrogen and oxygen atoms in total. The lowest BCUT2D eigenvalue weighted by atomic mass is 10.0. The molecular formula is C32H36ClF2N5O5. The Bertz CT molecular complexity index is 1490. The van der Waals surface area contributed by atoms with Crippen molar-refractivity contribution < 1.29 is 32.7 Å². The van der Waals surface area contributed by atoms with Crippen LogP contribution >= 0.6 is 11.6 Å². The van der Waals surface area contributed by atoms with E-state index in [1.165, 1.54) is 11.0 Å². The summed E-state index contributed by atoms with van der Waals surface area (Å²) < 4.78 is 36.9. The Balaban J connectivity index is 1.03. The molecule has 1 atom stereocenters. The number of fused-ring (bicyclic) bond motifs is 1. The molecule has 0 aromatic heterocycles. The van der Waals surface area contributed by atoms with Crippen molar-refractivity contribution in [2.24, 2.45) is 0 Å². The summed E-state index contributed by atoms with van der Waals surface area (Å²) in [5.41, 5.74) is 1.36. The van der Waals surface area contributed by atoms with Gasteiger partial charge in [-0.15, -0.1) is 0 Å². The summed E-state index contributed by atoms with van der Waals surface area (Å²) in [6.07, 6.45) is 4.67. The van der Waals surface area contributed by atoms with Gasteiger partial charge in [0.05, 0.1) is 22.9 Å². The van der Waals surface area contributed by atoms with Crippen molar-refractivity contribution >= 4 is 40.9 Å². The van der Waals surface area contributed by atoms with E-state index in [9.17, 15) is 19.2 Å². The number of halogens is 3. The summed E-state index contributed by atoms with van der Waals surface area (Å²) >= 11 is 6.59. The van der Waals surface area contributed by atoms with E-state index in [1.54, 1.807) is 12.1 Å². The molecule has 0 saturated carbocycles. The Labute approximate surface area is 264 Å². The van der Waals surface area contributed by atoms with Gasteiger partial charge in [-0.1, -0.05) is 23.7 Å². The minimum atomic E-state index is -3.87. The minimum absolute atomic E-state index is 0.0697. The number of rotatable bonds is 8. The number of benzene rings is 2. The van der Waals surface area contributed by atoms with E-state index in [0.717, 1.165) is 69.7 Å². The maximum absolute atomic E-state index is 15.3. The highest BCUT2D eigenvalue weighted by Crippen LogP contribution is 2.35. The predicted molar refractivity (Wildman–Crippen MR) is 162 cm³/mol. The van der Waals surface area contributed by atoms with E-state index >= 15 is 8.78 Å². The number of hydrogen-bond donors (Lipinski definition) is 3. The molecule has 4 aliphatic rings. The molecule has 3 saturated heterocycles. The lowest BCUT2D eigenvalue weighted by Gasteiger charge is -2.36. The normalized spacial score (nSPS) is 21.6. The molecule has 13 heteroatoms. The van der Waals surface area contributed by atoms with Crippen molar-refractivity contribution in [1.29, 1.82) is 0 Å². The molecule has 3 fully saturated rings. The number of anilines is 1. The Hall–Kier alpha value is -3.61. The molecular weight excluding hydrogens is 608 g/mol. The molecule has 0 bridgehead atoms. The van der Waals surface area contributed by atoms with E-state index in [4.69, 9.17) is 16.3 Å². The van der Waals surface area contributed by atoms with E-state index < -0.39 is 41.2 Å². The van der Waals surface area contributed by atoms with Crippen LogP contribution in [0.4, 0.5) is 14.5 Å². The highest BCUT2D eigenvalue weighted by Gasteiger charge is 2.44. The SMILES string of the molecule is O=C1CCC(N2Cc3cc(C(F)(F)C(=O)NCc4ccc(N5CCC(OC6CCNCC6)CC5)c(Cl)c4)ccc3C2=O)C(=O)N1. The van der Waals surface area contributed by atoms with Crippen molar-refractivity contribution in [3.05, 3.63) is 63.7 Å². The molecule has 1 unspecified atom stereocenters. The molecule has 0 spiro atoms. The van der Waals surface area contributed by atoms with Crippen molar-refractivity contribution in [2.75, 3.05) is 31.1 Å². The maximum atomic E-state index is 15.3.